The van der Waals surface area contributed by atoms with Crippen LogP contribution in [0, 0.1) is 6.92 Å². The van der Waals surface area contributed by atoms with Gasteiger partial charge in [-0.3, -0.25) is 4.79 Å². The number of aryl methyl sites for hydroxylation is 1. The van der Waals surface area contributed by atoms with Crippen molar-refractivity contribution >= 4 is 23.2 Å². The molecule has 2 rings (SSSR count). The Kier molecular flexibility index (Phi) is 4.18. The number of hydrogen-bond donors (Lipinski definition) is 1. The molecule has 0 saturated carbocycles. The molecule has 1 heterocycles. The number of rotatable bonds is 2. The fourth-order valence-electron chi connectivity index (χ4n) is 1.78. The summed E-state index contributed by atoms with van der Waals surface area (Å²) < 4.78 is 38.7. The summed E-state index contributed by atoms with van der Waals surface area (Å²) >= 11 is 5.84. The zero-order chi connectivity index (χ0) is 15.6. The number of benzene rings is 1. The number of halogens is 4. The SMILES string of the molecule is Cc1ccnc(Cl)c1NC(=O)c1ccccc1C(F)(F)F. The van der Waals surface area contributed by atoms with Crippen LogP contribution in [0.5, 0.6) is 0 Å². The molecule has 0 aliphatic carbocycles. The van der Waals surface area contributed by atoms with Crippen molar-refractivity contribution < 1.29 is 18.0 Å². The van der Waals surface area contributed by atoms with Crippen molar-refractivity contribution in [2.75, 3.05) is 5.32 Å². The number of alkyl halides is 3. The molecule has 1 aromatic heterocycles. The van der Waals surface area contributed by atoms with E-state index in [0.717, 1.165) is 12.1 Å². The Morgan fingerprint density at radius 1 is 1.24 bits per heavy atom. The minimum absolute atomic E-state index is 0.0211. The Morgan fingerprint density at radius 2 is 1.90 bits per heavy atom. The Hall–Kier alpha value is -2.08. The third-order valence-electron chi connectivity index (χ3n) is 2.83. The van der Waals surface area contributed by atoms with E-state index in [0.29, 0.717) is 5.56 Å². The van der Waals surface area contributed by atoms with Gasteiger partial charge in [-0.2, -0.15) is 13.2 Å². The van der Waals surface area contributed by atoms with Gasteiger partial charge in [0, 0.05) is 6.20 Å². The number of nitrogens with zero attached hydrogens (tertiary/aromatic N) is 1. The van der Waals surface area contributed by atoms with Crippen LogP contribution in [0.4, 0.5) is 18.9 Å². The van der Waals surface area contributed by atoms with Gasteiger partial charge in [0.25, 0.3) is 5.91 Å². The van der Waals surface area contributed by atoms with Gasteiger partial charge in [0.2, 0.25) is 0 Å². The Bertz CT molecular complexity index is 666. The fraction of sp³-hybridized carbons (Fsp3) is 0.143. The summed E-state index contributed by atoms with van der Waals surface area (Å²) in [5.74, 6) is -0.888. The fourth-order valence-corrected chi connectivity index (χ4v) is 2.04. The summed E-state index contributed by atoms with van der Waals surface area (Å²) in [7, 11) is 0. The number of anilines is 1. The number of carbonyl (C=O) groups excluding carboxylic acids is 1. The van der Waals surface area contributed by atoms with Crippen molar-refractivity contribution in [2.24, 2.45) is 0 Å². The number of nitrogens with one attached hydrogen (secondary N) is 1. The highest BCUT2D eigenvalue weighted by atomic mass is 35.5. The van der Waals surface area contributed by atoms with Crippen molar-refractivity contribution in [3.8, 4) is 0 Å². The molecule has 3 nitrogen and oxygen atoms in total. The first kappa shape index (κ1) is 15.3. The first-order valence-electron chi connectivity index (χ1n) is 5.89. The van der Waals surface area contributed by atoms with Crippen LogP contribution in [0.1, 0.15) is 21.5 Å². The van der Waals surface area contributed by atoms with Crippen LogP contribution in [0.15, 0.2) is 36.5 Å². The van der Waals surface area contributed by atoms with Gasteiger partial charge in [-0.25, -0.2) is 4.98 Å². The van der Waals surface area contributed by atoms with Crippen LogP contribution < -0.4 is 5.32 Å². The second kappa shape index (κ2) is 5.73. The Morgan fingerprint density at radius 3 is 2.52 bits per heavy atom. The molecule has 0 unspecified atom stereocenters. The molecule has 0 atom stereocenters. The smallest absolute Gasteiger partial charge is 0.319 e. The van der Waals surface area contributed by atoms with Crippen LogP contribution in [0.2, 0.25) is 5.15 Å². The molecule has 0 saturated heterocycles. The Balaban J connectivity index is 2.38. The summed E-state index contributed by atoms with van der Waals surface area (Å²) in [6.07, 6.45) is -3.17. The van der Waals surface area contributed by atoms with Crippen LogP contribution in [-0.2, 0) is 6.18 Å². The maximum absolute atomic E-state index is 12.9. The van der Waals surface area contributed by atoms with E-state index in [1.165, 1.54) is 18.3 Å². The third-order valence-corrected chi connectivity index (χ3v) is 3.12. The van der Waals surface area contributed by atoms with Crippen molar-refractivity contribution in [1.29, 1.82) is 0 Å². The quantitative estimate of drug-likeness (QED) is 0.839. The lowest BCUT2D eigenvalue weighted by Gasteiger charge is -2.14. The third kappa shape index (κ3) is 3.33. The first-order valence-corrected chi connectivity index (χ1v) is 6.27. The standard InChI is InChI=1S/C14H10ClF3N2O/c1-8-6-7-19-12(15)11(8)20-13(21)9-4-2-3-5-10(9)14(16,17)18/h2-7H,1H3,(H,20,21). The Labute approximate surface area is 123 Å². The molecule has 0 aliphatic heterocycles. The van der Waals surface area contributed by atoms with E-state index in [9.17, 15) is 18.0 Å². The van der Waals surface area contributed by atoms with E-state index in [1.807, 2.05) is 0 Å². The molecule has 0 fully saturated rings. The summed E-state index contributed by atoms with van der Waals surface area (Å²) in [6.45, 7) is 1.67. The maximum Gasteiger partial charge on any atom is 0.417 e. The number of hydrogen-bond acceptors (Lipinski definition) is 2. The van der Waals surface area contributed by atoms with Crippen molar-refractivity contribution in [3.05, 3.63) is 58.4 Å². The number of carbonyl (C=O) groups is 1. The summed E-state index contributed by atoms with van der Waals surface area (Å²) in [5.41, 5.74) is -0.668. The minimum atomic E-state index is -4.61. The van der Waals surface area contributed by atoms with E-state index < -0.39 is 23.2 Å². The minimum Gasteiger partial charge on any atom is -0.319 e. The predicted molar refractivity (Wildman–Crippen MR) is 73.4 cm³/mol. The van der Waals surface area contributed by atoms with E-state index in [-0.39, 0.29) is 10.8 Å². The molecular formula is C14H10ClF3N2O. The second-order valence-corrected chi connectivity index (χ2v) is 4.65. The molecule has 0 spiro atoms. The zero-order valence-electron chi connectivity index (χ0n) is 10.8. The van der Waals surface area contributed by atoms with E-state index in [4.69, 9.17) is 11.6 Å². The van der Waals surface area contributed by atoms with Crippen molar-refractivity contribution in [2.45, 2.75) is 13.1 Å². The van der Waals surface area contributed by atoms with Crippen LogP contribution in [0.25, 0.3) is 0 Å². The van der Waals surface area contributed by atoms with Crippen molar-refractivity contribution in [1.82, 2.24) is 4.98 Å². The average molecular weight is 315 g/mol. The highest BCUT2D eigenvalue weighted by Crippen LogP contribution is 2.32. The molecule has 21 heavy (non-hydrogen) atoms. The highest BCUT2D eigenvalue weighted by molar-refractivity contribution is 6.32. The molecule has 2 aromatic rings. The zero-order valence-corrected chi connectivity index (χ0v) is 11.6. The molecule has 1 aromatic carbocycles. The van der Waals surface area contributed by atoms with E-state index in [1.54, 1.807) is 13.0 Å². The van der Waals surface area contributed by atoms with E-state index >= 15 is 0 Å². The number of aromatic nitrogens is 1. The van der Waals surface area contributed by atoms with Crippen LogP contribution in [0.3, 0.4) is 0 Å². The van der Waals surface area contributed by atoms with Crippen LogP contribution >= 0.6 is 11.6 Å². The molecule has 1 N–H and O–H groups in total. The predicted octanol–water partition coefficient (Wildman–Crippen LogP) is 4.31. The topological polar surface area (TPSA) is 42.0 Å². The molecular weight excluding hydrogens is 305 g/mol. The molecule has 0 bridgehead atoms. The van der Waals surface area contributed by atoms with Gasteiger partial charge in [-0.05, 0) is 30.7 Å². The largest absolute Gasteiger partial charge is 0.417 e. The van der Waals surface area contributed by atoms with Crippen LogP contribution in [-0.4, -0.2) is 10.9 Å². The molecule has 0 aliphatic rings. The van der Waals surface area contributed by atoms with Gasteiger partial charge < -0.3 is 5.32 Å². The number of amides is 1. The van der Waals surface area contributed by atoms with Gasteiger partial charge in [-0.1, -0.05) is 23.7 Å². The molecule has 0 radical (unpaired) electrons. The van der Waals surface area contributed by atoms with Gasteiger partial charge >= 0.3 is 6.18 Å². The molecule has 7 heteroatoms. The summed E-state index contributed by atoms with van der Waals surface area (Å²) in [4.78, 5) is 15.9. The molecule has 110 valence electrons. The van der Waals surface area contributed by atoms with Crippen molar-refractivity contribution in [3.63, 3.8) is 0 Å². The lowest BCUT2D eigenvalue weighted by atomic mass is 10.1. The second-order valence-electron chi connectivity index (χ2n) is 4.29. The van der Waals surface area contributed by atoms with Gasteiger partial charge in [0.15, 0.2) is 5.15 Å². The summed E-state index contributed by atoms with van der Waals surface area (Å²) in [5, 5.41) is 2.40. The number of pyridine rings is 1. The monoisotopic (exact) mass is 314 g/mol. The first-order chi connectivity index (χ1) is 9.80. The maximum atomic E-state index is 12.9. The van der Waals surface area contributed by atoms with Gasteiger partial charge in [-0.15, -0.1) is 0 Å². The summed E-state index contributed by atoms with van der Waals surface area (Å²) in [6, 6.07) is 6.14. The molecule has 1 amide bonds. The highest BCUT2D eigenvalue weighted by Gasteiger charge is 2.35. The normalized spacial score (nSPS) is 11.3. The lowest BCUT2D eigenvalue weighted by Crippen LogP contribution is -2.19. The average Bonchev–Trinajstić information content (AvgIpc) is 2.42. The van der Waals surface area contributed by atoms with Gasteiger partial charge in [0.05, 0.1) is 16.8 Å². The van der Waals surface area contributed by atoms with Gasteiger partial charge in [0.1, 0.15) is 0 Å². The lowest BCUT2D eigenvalue weighted by molar-refractivity contribution is -0.137. The van der Waals surface area contributed by atoms with E-state index in [2.05, 4.69) is 10.3 Å².